The molecule has 2 fully saturated rings. The summed E-state index contributed by atoms with van der Waals surface area (Å²) in [5.41, 5.74) is -0.167. The van der Waals surface area contributed by atoms with E-state index >= 15 is 0 Å². The largest absolute Gasteiger partial charge is 0.469 e. The average Bonchev–Trinajstić information content (AvgIpc) is 2.58. The highest BCUT2D eigenvalue weighted by Crippen LogP contribution is 2.53. The van der Waals surface area contributed by atoms with Gasteiger partial charge in [0.1, 0.15) is 0 Å². The van der Waals surface area contributed by atoms with Crippen molar-refractivity contribution in [2.45, 2.75) is 45.4 Å². The van der Waals surface area contributed by atoms with Gasteiger partial charge in [-0.05, 0) is 38.0 Å². The molecule has 3 unspecified atom stereocenters. The maximum atomic E-state index is 11.8. The van der Waals surface area contributed by atoms with Crippen molar-refractivity contribution in [3.63, 3.8) is 0 Å². The van der Waals surface area contributed by atoms with Crippen molar-refractivity contribution in [3.05, 3.63) is 0 Å². The van der Waals surface area contributed by atoms with Crippen LogP contribution >= 0.6 is 0 Å². The van der Waals surface area contributed by atoms with Crippen LogP contribution in [0.2, 0.25) is 0 Å². The maximum Gasteiger partial charge on any atom is 0.311 e. The van der Waals surface area contributed by atoms with E-state index in [9.17, 15) is 4.79 Å². The lowest BCUT2D eigenvalue weighted by Crippen LogP contribution is -2.36. The number of ether oxygens (including phenoxy) is 1. The van der Waals surface area contributed by atoms with Gasteiger partial charge in [-0.25, -0.2) is 0 Å². The molecule has 0 aliphatic heterocycles. The van der Waals surface area contributed by atoms with Gasteiger partial charge in [-0.3, -0.25) is 4.79 Å². The second kappa shape index (κ2) is 3.56. The van der Waals surface area contributed by atoms with Crippen LogP contribution < -0.4 is 0 Å². The number of hydrogen-bond acceptors (Lipinski definition) is 2. The Bertz CT molecular complexity index is 236. The van der Waals surface area contributed by atoms with Gasteiger partial charge in [0.25, 0.3) is 0 Å². The predicted molar refractivity (Wildman–Crippen MR) is 54.8 cm³/mol. The first-order chi connectivity index (χ1) is 6.68. The van der Waals surface area contributed by atoms with E-state index in [0.29, 0.717) is 5.92 Å². The summed E-state index contributed by atoms with van der Waals surface area (Å²) < 4.78 is 4.95. The Morgan fingerprint density at radius 3 is 2.71 bits per heavy atom. The Balaban J connectivity index is 2.16. The second-order valence-corrected chi connectivity index (χ2v) is 5.10. The van der Waals surface area contributed by atoms with Gasteiger partial charge in [0.05, 0.1) is 12.5 Å². The van der Waals surface area contributed by atoms with Gasteiger partial charge in [0.2, 0.25) is 0 Å². The minimum atomic E-state index is -0.167. The first-order valence-corrected chi connectivity index (χ1v) is 5.77. The van der Waals surface area contributed by atoms with E-state index in [1.54, 1.807) is 0 Å². The fourth-order valence-electron chi connectivity index (χ4n) is 3.55. The molecule has 0 radical (unpaired) electrons. The highest BCUT2D eigenvalue weighted by Gasteiger charge is 2.50. The topological polar surface area (TPSA) is 26.3 Å². The van der Waals surface area contributed by atoms with Gasteiger partial charge in [0.15, 0.2) is 0 Å². The summed E-state index contributed by atoms with van der Waals surface area (Å²) in [6.07, 6.45) is 7.49. The fourth-order valence-corrected chi connectivity index (χ4v) is 3.55. The van der Waals surface area contributed by atoms with Crippen LogP contribution in [0.1, 0.15) is 45.4 Å². The molecule has 14 heavy (non-hydrogen) atoms. The van der Waals surface area contributed by atoms with Crippen LogP contribution in [0, 0.1) is 17.3 Å². The normalized spacial score (nSPS) is 41.9. The molecular weight excluding hydrogens is 176 g/mol. The van der Waals surface area contributed by atoms with Gasteiger partial charge >= 0.3 is 5.97 Å². The first-order valence-electron chi connectivity index (χ1n) is 5.77. The van der Waals surface area contributed by atoms with E-state index in [1.165, 1.54) is 39.2 Å². The first kappa shape index (κ1) is 10.0. The van der Waals surface area contributed by atoms with Crippen molar-refractivity contribution in [1.29, 1.82) is 0 Å². The van der Waals surface area contributed by atoms with Crippen LogP contribution in [0.4, 0.5) is 0 Å². The molecule has 0 aromatic carbocycles. The van der Waals surface area contributed by atoms with E-state index < -0.39 is 0 Å². The SMILES string of the molecule is COC(=O)C1(C)CCC2CCCCC21. The van der Waals surface area contributed by atoms with Crippen LogP contribution in [0.5, 0.6) is 0 Å². The molecule has 0 saturated heterocycles. The Kier molecular flexibility index (Phi) is 2.54. The molecule has 0 N–H and O–H groups in total. The highest BCUT2D eigenvalue weighted by atomic mass is 16.5. The number of esters is 1. The van der Waals surface area contributed by atoms with E-state index in [2.05, 4.69) is 6.92 Å². The Morgan fingerprint density at radius 2 is 2.00 bits per heavy atom. The molecule has 0 amide bonds. The lowest BCUT2D eigenvalue weighted by atomic mass is 9.70. The summed E-state index contributed by atoms with van der Waals surface area (Å²) in [6, 6.07) is 0. The van der Waals surface area contributed by atoms with Crippen LogP contribution in [0.15, 0.2) is 0 Å². The van der Waals surface area contributed by atoms with Gasteiger partial charge < -0.3 is 4.74 Å². The second-order valence-electron chi connectivity index (χ2n) is 5.10. The molecule has 0 bridgehead atoms. The monoisotopic (exact) mass is 196 g/mol. The van der Waals surface area contributed by atoms with Crippen LogP contribution in [-0.4, -0.2) is 13.1 Å². The molecule has 2 aliphatic rings. The van der Waals surface area contributed by atoms with Crippen molar-refractivity contribution in [2.24, 2.45) is 17.3 Å². The Hall–Kier alpha value is -0.530. The van der Waals surface area contributed by atoms with E-state index in [1.807, 2.05) is 0 Å². The van der Waals surface area contributed by atoms with Crippen molar-refractivity contribution >= 4 is 5.97 Å². The number of methoxy groups -OCH3 is 1. The zero-order valence-corrected chi connectivity index (χ0v) is 9.21. The molecule has 2 heteroatoms. The third-order valence-corrected chi connectivity index (χ3v) is 4.41. The zero-order chi connectivity index (χ0) is 10.2. The molecule has 0 heterocycles. The minimum absolute atomic E-state index is 0.0203. The molecule has 0 spiro atoms. The fraction of sp³-hybridized carbons (Fsp3) is 0.917. The molecule has 2 saturated carbocycles. The van der Waals surface area contributed by atoms with Crippen molar-refractivity contribution < 1.29 is 9.53 Å². The molecular formula is C12H20O2. The zero-order valence-electron chi connectivity index (χ0n) is 9.21. The number of hydrogen-bond donors (Lipinski definition) is 0. The van der Waals surface area contributed by atoms with Gasteiger partial charge in [0, 0.05) is 0 Å². The maximum absolute atomic E-state index is 11.8. The van der Waals surface area contributed by atoms with E-state index in [-0.39, 0.29) is 11.4 Å². The summed E-state index contributed by atoms with van der Waals surface area (Å²) in [5.74, 6) is 1.42. The quantitative estimate of drug-likeness (QED) is 0.603. The molecule has 0 aromatic heterocycles. The third kappa shape index (κ3) is 1.35. The average molecular weight is 196 g/mol. The van der Waals surface area contributed by atoms with Crippen LogP contribution in [0.25, 0.3) is 0 Å². The van der Waals surface area contributed by atoms with Gasteiger partial charge in [-0.15, -0.1) is 0 Å². The predicted octanol–water partition coefficient (Wildman–Crippen LogP) is 2.77. The smallest absolute Gasteiger partial charge is 0.311 e. The van der Waals surface area contributed by atoms with Gasteiger partial charge in [-0.2, -0.15) is 0 Å². The van der Waals surface area contributed by atoms with E-state index in [0.717, 1.165) is 12.3 Å². The lowest BCUT2D eigenvalue weighted by molar-refractivity contribution is -0.155. The molecule has 3 atom stereocenters. The molecule has 80 valence electrons. The Labute approximate surface area is 86.0 Å². The molecule has 2 nitrogen and oxygen atoms in total. The lowest BCUT2D eigenvalue weighted by Gasteiger charge is -2.34. The summed E-state index contributed by atoms with van der Waals surface area (Å²) in [5, 5.41) is 0. The number of carbonyl (C=O) groups excluding carboxylic acids is 1. The molecule has 2 rings (SSSR count). The summed E-state index contributed by atoms with van der Waals surface area (Å²) >= 11 is 0. The Morgan fingerprint density at radius 1 is 1.29 bits per heavy atom. The standard InChI is InChI=1S/C12H20O2/c1-12(11(13)14-2)8-7-9-5-3-4-6-10(9)12/h9-10H,3-8H2,1-2H3. The number of rotatable bonds is 1. The van der Waals surface area contributed by atoms with Crippen LogP contribution in [-0.2, 0) is 9.53 Å². The van der Waals surface area contributed by atoms with Crippen molar-refractivity contribution in [3.8, 4) is 0 Å². The van der Waals surface area contributed by atoms with E-state index in [4.69, 9.17) is 4.74 Å². The summed E-state index contributed by atoms with van der Waals surface area (Å²) in [7, 11) is 1.52. The highest BCUT2D eigenvalue weighted by molar-refractivity contribution is 5.77. The third-order valence-electron chi connectivity index (χ3n) is 4.41. The molecule has 2 aliphatic carbocycles. The van der Waals surface area contributed by atoms with Crippen LogP contribution in [0.3, 0.4) is 0 Å². The van der Waals surface area contributed by atoms with Gasteiger partial charge in [-0.1, -0.05) is 19.3 Å². The number of carbonyl (C=O) groups is 1. The molecule has 0 aromatic rings. The van der Waals surface area contributed by atoms with Crippen molar-refractivity contribution in [2.75, 3.05) is 7.11 Å². The minimum Gasteiger partial charge on any atom is -0.469 e. The van der Waals surface area contributed by atoms with Crippen molar-refractivity contribution in [1.82, 2.24) is 0 Å². The summed E-state index contributed by atoms with van der Waals surface area (Å²) in [4.78, 5) is 11.8. The summed E-state index contributed by atoms with van der Waals surface area (Å²) in [6.45, 7) is 2.11. The number of fused-ring (bicyclic) bond motifs is 1.